The molecule has 0 aliphatic rings. The van der Waals surface area contributed by atoms with Crippen molar-refractivity contribution in [3.05, 3.63) is 35.9 Å². The summed E-state index contributed by atoms with van der Waals surface area (Å²) in [4.78, 5) is 25.7. The Labute approximate surface area is 127 Å². The van der Waals surface area contributed by atoms with Crippen molar-refractivity contribution in [3.8, 4) is 0 Å². The highest BCUT2D eigenvalue weighted by atomic mass is 16.2. The number of rotatable bonds is 7. The van der Waals surface area contributed by atoms with Gasteiger partial charge >= 0.3 is 0 Å². The molecule has 0 aromatic heterocycles. The summed E-state index contributed by atoms with van der Waals surface area (Å²) in [6.07, 6.45) is 0.452. The van der Waals surface area contributed by atoms with Crippen molar-refractivity contribution in [2.45, 2.75) is 46.7 Å². The third kappa shape index (κ3) is 6.43. The number of nitrogens with zero attached hydrogens (tertiary/aromatic N) is 1. The third-order valence-corrected chi connectivity index (χ3v) is 3.17. The Morgan fingerprint density at radius 1 is 1.10 bits per heavy atom. The lowest BCUT2D eigenvalue weighted by atomic mass is 10.1. The highest BCUT2D eigenvalue weighted by Crippen LogP contribution is 2.08. The van der Waals surface area contributed by atoms with Gasteiger partial charge in [0.05, 0.1) is 6.54 Å². The van der Waals surface area contributed by atoms with Crippen LogP contribution in [-0.2, 0) is 16.1 Å². The van der Waals surface area contributed by atoms with Gasteiger partial charge in [-0.1, -0.05) is 44.2 Å². The fourth-order valence-corrected chi connectivity index (χ4v) is 2.06. The first kappa shape index (κ1) is 17.2. The summed E-state index contributed by atoms with van der Waals surface area (Å²) in [5, 5.41) is 2.70. The molecule has 0 bridgehead atoms. The molecule has 0 unspecified atom stereocenters. The normalized spacial score (nSPS) is 10.8. The summed E-state index contributed by atoms with van der Waals surface area (Å²) in [5.41, 5.74) is 1.09. The van der Waals surface area contributed by atoms with Crippen molar-refractivity contribution in [2.24, 2.45) is 5.92 Å². The maximum atomic E-state index is 12.3. The minimum atomic E-state index is -0.0678. The summed E-state index contributed by atoms with van der Waals surface area (Å²) in [5.74, 6) is 0.179. The van der Waals surface area contributed by atoms with Gasteiger partial charge in [-0.2, -0.15) is 0 Å². The molecule has 0 fully saturated rings. The SMILES string of the molecule is CC(C)CC(=O)NCC(=O)N(Cc1ccccc1)C(C)C. The average molecular weight is 290 g/mol. The highest BCUT2D eigenvalue weighted by molar-refractivity contribution is 5.84. The molecule has 1 N–H and O–H groups in total. The molecule has 0 radical (unpaired) electrons. The molecular formula is C17H26N2O2. The lowest BCUT2D eigenvalue weighted by Gasteiger charge is -2.27. The lowest BCUT2D eigenvalue weighted by molar-refractivity contribution is -0.135. The monoisotopic (exact) mass is 290 g/mol. The molecule has 21 heavy (non-hydrogen) atoms. The molecule has 2 amide bonds. The molecule has 1 aromatic carbocycles. The first-order valence-electron chi connectivity index (χ1n) is 7.50. The summed E-state index contributed by atoms with van der Waals surface area (Å²) in [6.45, 7) is 8.57. The third-order valence-electron chi connectivity index (χ3n) is 3.17. The smallest absolute Gasteiger partial charge is 0.242 e. The largest absolute Gasteiger partial charge is 0.347 e. The fraction of sp³-hybridized carbons (Fsp3) is 0.529. The van der Waals surface area contributed by atoms with E-state index in [2.05, 4.69) is 5.32 Å². The Kier molecular flexibility index (Phi) is 6.92. The number of hydrogen-bond donors (Lipinski definition) is 1. The fourth-order valence-electron chi connectivity index (χ4n) is 2.06. The van der Waals surface area contributed by atoms with Gasteiger partial charge in [0.25, 0.3) is 0 Å². The molecule has 0 aliphatic carbocycles. The summed E-state index contributed by atoms with van der Waals surface area (Å²) < 4.78 is 0. The molecule has 0 aliphatic heterocycles. The number of carbonyl (C=O) groups excluding carboxylic acids is 2. The Morgan fingerprint density at radius 2 is 1.71 bits per heavy atom. The summed E-state index contributed by atoms with van der Waals surface area (Å²) in [6, 6.07) is 9.97. The summed E-state index contributed by atoms with van der Waals surface area (Å²) >= 11 is 0. The lowest BCUT2D eigenvalue weighted by Crippen LogP contribution is -2.43. The van der Waals surface area contributed by atoms with E-state index in [0.717, 1.165) is 5.56 Å². The van der Waals surface area contributed by atoms with Crippen LogP contribution < -0.4 is 5.32 Å². The van der Waals surface area contributed by atoms with Crippen molar-refractivity contribution in [1.29, 1.82) is 0 Å². The zero-order valence-electron chi connectivity index (χ0n) is 13.4. The maximum Gasteiger partial charge on any atom is 0.242 e. The molecule has 0 heterocycles. The number of amides is 2. The van der Waals surface area contributed by atoms with Crippen molar-refractivity contribution >= 4 is 11.8 Å². The number of hydrogen-bond acceptors (Lipinski definition) is 2. The molecule has 4 heteroatoms. The van der Waals surface area contributed by atoms with Gasteiger partial charge in [0.15, 0.2) is 0 Å². The van der Waals surface area contributed by atoms with Gasteiger partial charge in [-0.15, -0.1) is 0 Å². The maximum absolute atomic E-state index is 12.3. The molecular weight excluding hydrogens is 264 g/mol. The molecule has 116 valence electrons. The second kappa shape index (κ2) is 8.45. The second-order valence-corrected chi connectivity index (χ2v) is 5.98. The van der Waals surface area contributed by atoms with Crippen LogP contribution in [0.2, 0.25) is 0 Å². The average Bonchev–Trinajstić information content (AvgIpc) is 2.42. The topological polar surface area (TPSA) is 49.4 Å². The van der Waals surface area contributed by atoms with Crippen LogP contribution in [-0.4, -0.2) is 29.3 Å². The first-order chi connectivity index (χ1) is 9.90. The molecule has 4 nitrogen and oxygen atoms in total. The minimum absolute atomic E-state index is 0.0500. The van der Waals surface area contributed by atoms with Crippen LogP contribution in [0.3, 0.4) is 0 Å². The van der Waals surface area contributed by atoms with Crippen LogP contribution in [0.4, 0.5) is 0 Å². The Hall–Kier alpha value is -1.84. The van der Waals surface area contributed by atoms with E-state index < -0.39 is 0 Å². The Balaban J connectivity index is 2.56. The van der Waals surface area contributed by atoms with E-state index in [1.54, 1.807) is 4.90 Å². The van der Waals surface area contributed by atoms with Crippen LogP contribution >= 0.6 is 0 Å². The number of carbonyl (C=O) groups is 2. The second-order valence-electron chi connectivity index (χ2n) is 5.98. The van der Waals surface area contributed by atoms with Gasteiger partial charge in [0.1, 0.15) is 0 Å². The molecule has 0 spiro atoms. The predicted molar refractivity (Wildman–Crippen MR) is 84.6 cm³/mol. The Morgan fingerprint density at radius 3 is 2.24 bits per heavy atom. The molecule has 0 saturated carbocycles. The van der Waals surface area contributed by atoms with Crippen LogP contribution in [0, 0.1) is 5.92 Å². The van der Waals surface area contributed by atoms with Crippen molar-refractivity contribution in [3.63, 3.8) is 0 Å². The van der Waals surface area contributed by atoms with E-state index in [1.807, 2.05) is 58.0 Å². The van der Waals surface area contributed by atoms with Gasteiger partial charge in [0, 0.05) is 19.0 Å². The molecule has 1 rings (SSSR count). The minimum Gasteiger partial charge on any atom is -0.347 e. The standard InChI is InChI=1S/C17H26N2O2/c1-13(2)10-16(20)18-11-17(21)19(14(3)4)12-15-8-6-5-7-9-15/h5-9,13-14H,10-12H2,1-4H3,(H,18,20). The van der Waals surface area contributed by atoms with E-state index in [4.69, 9.17) is 0 Å². The van der Waals surface area contributed by atoms with Gasteiger partial charge in [-0.3, -0.25) is 9.59 Å². The quantitative estimate of drug-likeness (QED) is 0.839. The van der Waals surface area contributed by atoms with E-state index in [1.165, 1.54) is 0 Å². The number of benzene rings is 1. The van der Waals surface area contributed by atoms with E-state index in [9.17, 15) is 9.59 Å². The van der Waals surface area contributed by atoms with E-state index in [0.29, 0.717) is 18.9 Å². The van der Waals surface area contributed by atoms with Crippen LogP contribution in [0.1, 0.15) is 39.7 Å². The molecule has 1 aromatic rings. The van der Waals surface area contributed by atoms with Crippen molar-refractivity contribution in [2.75, 3.05) is 6.54 Å². The highest BCUT2D eigenvalue weighted by Gasteiger charge is 2.18. The van der Waals surface area contributed by atoms with Crippen LogP contribution in [0.25, 0.3) is 0 Å². The molecule has 0 atom stereocenters. The van der Waals surface area contributed by atoms with Gasteiger partial charge < -0.3 is 10.2 Å². The van der Waals surface area contributed by atoms with Gasteiger partial charge in [-0.25, -0.2) is 0 Å². The summed E-state index contributed by atoms with van der Waals surface area (Å²) in [7, 11) is 0. The van der Waals surface area contributed by atoms with Gasteiger partial charge in [0.2, 0.25) is 11.8 Å². The Bertz CT molecular complexity index is 455. The zero-order valence-corrected chi connectivity index (χ0v) is 13.4. The predicted octanol–water partition coefficient (Wildman–Crippen LogP) is 2.59. The van der Waals surface area contributed by atoms with Crippen molar-refractivity contribution < 1.29 is 9.59 Å². The first-order valence-corrected chi connectivity index (χ1v) is 7.50. The van der Waals surface area contributed by atoms with Crippen molar-refractivity contribution in [1.82, 2.24) is 10.2 Å². The van der Waals surface area contributed by atoms with Crippen LogP contribution in [0.15, 0.2) is 30.3 Å². The zero-order chi connectivity index (χ0) is 15.8. The number of nitrogens with one attached hydrogen (secondary N) is 1. The van der Waals surface area contributed by atoms with E-state index in [-0.39, 0.29) is 24.4 Å². The van der Waals surface area contributed by atoms with Crippen LogP contribution in [0.5, 0.6) is 0 Å². The van der Waals surface area contributed by atoms with Gasteiger partial charge in [-0.05, 0) is 25.3 Å². The van der Waals surface area contributed by atoms with E-state index >= 15 is 0 Å². The molecule has 0 saturated heterocycles.